The second-order valence-corrected chi connectivity index (χ2v) is 5.55. The van der Waals surface area contributed by atoms with Crippen molar-refractivity contribution < 1.29 is 15.0 Å². The molecule has 6 heteroatoms. The first kappa shape index (κ1) is 16.9. The number of aliphatic hydroxyl groups is 2. The molecular weight excluding hydrogens is 280 g/mol. The van der Waals surface area contributed by atoms with Crippen molar-refractivity contribution in [3.63, 3.8) is 0 Å². The zero-order valence-corrected chi connectivity index (χ0v) is 12.7. The second-order valence-electron chi connectivity index (χ2n) is 5.16. The van der Waals surface area contributed by atoms with Gasteiger partial charge in [-0.15, -0.1) is 0 Å². The molecule has 1 aromatic rings. The van der Waals surface area contributed by atoms with Crippen molar-refractivity contribution in [2.45, 2.75) is 38.6 Å². The van der Waals surface area contributed by atoms with E-state index in [0.29, 0.717) is 12.0 Å². The molecule has 0 bridgehead atoms. The molecule has 0 aliphatic rings. The molecule has 0 atom stereocenters. The number of aliphatic hydroxyl groups excluding tert-OH is 2. The van der Waals surface area contributed by atoms with E-state index in [-0.39, 0.29) is 30.2 Å². The van der Waals surface area contributed by atoms with Crippen LogP contribution in [0.3, 0.4) is 0 Å². The summed E-state index contributed by atoms with van der Waals surface area (Å²) in [6.07, 6.45) is 0.418. The molecular formula is C14H21ClN2O3. The molecule has 0 aromatic carbocycles. The minimum atomic E-state index is -1.02. The molecule has 20 heavy (non-hydrogen) atoms. The average Bonchev–Trinajstić information content (AvgIpc) is 2.44. The normalized spacial score (nSPS) is 11.8. The molecule has 1 amide bonds. The Balaban J connectivity index is 3.03. The van der Waals surface area contributed by atoms with Crippen LogP contribution in [0.5, 0.6) is 0 Å². The first-order valence-corrected chi connectivity index (χ1v) is 6.97. The largest absolute Gasteiger partial charge is 0.394 e. The van der Waals surface area contributed by atoms with Crippen LogP contribution >= 0.6 is 11.6 Å². The van der Waals surface area contributed by atoms with Crippen LogP contribution in [0.1, 0.15) is 49.2 Å². The van der Waals surface area contributed by atoms with Crippen LogP contribution in [0.4, 0.5) is 0 Å². The highest BCUT2D eigenvalue weighted by atomic mass is 35.5. The zero-order valence-electron chi connectivity index (χ0n) is 12.0. The molecule has 0 saturated carbocycles. The van der Waals surface area contributed by atoms with Gasteiger partial charge in [0.1, 0.15) is 5.15 Å². The first-order valence-electron chi connectivity index (χ1n) is 6.59. The van der Waals surface area contributed by atoms with E-state index in [0.717, 1.165) is 5.69 Å². The number of carbonyl (C=O) groups excluding carboxylic acids is 1. The fourth-order valence-corrected chi connectivity index (χ4v) is 1.91. The lowest BCUT2D eigenvalue weighted by Gasteiger charge is -2.29. The molecule has 0 saturated heterocycles. The van der Waals surface area contributed by atoms with Gasteiger partial charge in [0.2, 0.25) is 0 Å². The van der Waals surface area contributed by atoms with Crippen LogP contribution in [0.15, 0.2) is 12.1 Å². The number of aromatic nitrogens is 1. The number of halogens is 1. The van der Waals surface area contributed by atoms with Crippen LogP contribution in [0, 0.1) is 0 Å². The minimum Gasteiger partial charge on any atom is -0.394 e. The molecule has 1 rings (SSSR count). The average molecular weight is 301 g/mol. The summed E-state index contributed by atoms with van der Waals surface area (Å²) >= 11 is 5.92. The molecule has 0 aliphatic heterocycles. The predicted molar refractivity (Wildman–Crippen MR) is 78.0 cm³/mol. The molecule has 3 N–H and O–H groups in total. The zero-order chi connectivity index (χ0) is 15.3. The van der Waals surface area contributed by atoms with Gasteiger partial charge in [-0.05, 0) is 24.5 Å². The molecule has 0 unspecified atom stereocenters. The molecule has 5 nitrogen and oxygen atoms in total. The fraction of sp³-hybridized carbons (Fsp3) is 0.571. The summed E-state index contributed by atoms with van der Waals surface area (Å²) < 4.78 is 0. The molecule has 0 radical (unpaired) electrons. The Labute approximate surface area is 124 Å². The lowest BCUT2D eigenvalue weighted by molar-refractivity contribution is 0.0653. The van der Waals surface area contributed by atoms with Gasteiger partial charge in [-0.2, -0.15) is 0 Å². The molecule has 0 spiro atoms. The van der Waals surface area contributed by atoms with E-state index < -0.39 is 5.54 Å². The van der Waals surface area contributed by atoms with Crippen molar-refractivity contribution in [3.8, 4) is 0 Å². The van der Waals surface area contributed by atoms with Crippen molar-refractivity contribution in [1.29, 1.82) is 0 Å². The van der Waals surface area contributed by atoms with Gasteiger partial charge >= 0.3 is 0 Å². The Morgan fingerprint density at radius 2 is 2.00 bits per heavy atom. The van der Waals surface area contributed by atoms with Gasteiger partial charge in [-0.25, -0.2) is 4.98 Å². The molecule has 1 heterocycles. The summed E-state index contributed by atoms with van der Waals surface area (Å²) in [7, 11) is 0. The van der Waals surface area contributed by atoms with Gasteiger partial charge < -0.3 is 15.5 Å². The first-order chi connectivity index (χ1) is 9.37. The van der Waals surface area contributed by atoms with Crippen molar-refractivity contribution in [3.05, 3.63) is 28.5 Å². The number of hydrogen-bond acceptors (Lipinski definition) is 4. The summed E-state index contributed by atoms with van der Waals surface area (Å²) in [5.41, 5.74) is 0.0661. The van der Waals surface area contributed by atoms with Gasteiger partial charge in [-0.1, -0.05) is 32.4 Å². The number of carbonyl (C=O) groups is 1. The van der Waals surface area contributed by atoms with E-state index >= 15 is 0 Å². The van der Waals surface area contributed by atoms with E-state index in [4.69, 9.17) is 11.6 Å². The Kier molecular flexibility index (Phi) is 5.92. The molecule has 112 valence electrons. The van der Waals surface area contributed by atoms with Crippen LogP contribution in [0.2, 0.25) is 5.15 Å². The highest BCUT2D eigenvalue weighted by Gasteiger charge is 2.29. The van der Waals surface area contributed by atoms with Crippen molar-refractivity contribution in [1.82, 2.24) is 10.3 Å². The summed E-state index contributed by atoms with van der Waals surface area (Å²) in [5, 5.41) is 21.6. The molecule has 0 fully saturated rings. The maximum absolute atomic E-state index is 12.2. The maximum Gasteiger partial charge on any atom is 0.252 e. The highest BCUT2D eigenvalue weighted by molar-refractivity contribution is 6.29. The Bertz CT molecular complexity index is 465. The van der Waals surface area contributed by atoms with Crippen LogP contribution in [-0.4, -0.2) is 39.9 Å². The van der Waals surface area contributed by atoms with Crippen molar-refractivity contribution >= 4 is 17.5 Å². The van der Waals surface area contributed by atoms with Crippen LogP contribution in [0.25, 0.3) is 0 Å². The standard InChI is InChI=1S/C14H21ClN2O3/c1-4-14(7-18,8-19)17-13(20)10-5-11(9(2)3)16-12(15)6-10/h5-6,9,18-19H,4,7-8H2,1-3H3,(H,17,20). The number of rotatable bonds is 6. The van der Waals surface area contributed by atoms with E-state index in [2.05, 4.69) is 10.3 Å². The third-order valence-electron chi connectivity index (χ3n) is 3.33. The summed E-state index contributed by atoms with van der Waals surface area (Å²) in [5.74, 6) is -0.243. The van der Waals surface area contributed by atoms with Gasteiger partial charge in [0.15, 0.2) is 0 Å². The topological polar surface area (TPSA) is 82.5 Å². The van der Waals surface area contributed by atoms with Gasteiger partial charge in [0.25, 0.3) is 5.91 Å². The fourth-order valence-electron chi connectivity index (χ4n) is 1.70. The second kappa shape index (κ2) is 7.02. The lowest BCUT2D eigenvalue weighted by Crippen LogP contribution is -2.53. The summed E-state index contributed by atoms with van der Waals surface area (Å²) in [6, 6.07) is 3.14. The highest BCUT2D eigenvalue weighted by Crippen LogP contribution is 2.18. The quantitative estimate of drug-likeness (QED) is 0.699. The predicted octanol–water partition coefficient (Wildman–Crippen LogP) is 1.72. The van der Waals surface area contributed by atoms with Crippen molar-refractivity contribution in [2.24, 2.45) is 0 Å². The van der Waals surface area contributed by atoms with Crippen molar-refractivity contribution in [2.75, 3.05) is 13.2 Å². The van der Waals surface area contributed by atoms with Gasteiger partial charge in [-0.3, -0.25) is 4.79 Å². The third kappa shape index (κ3) is 3.91. The Hall–Kier alpha value is -1.17. The lowest BCUT2D eigenvalue weighted by atomic mass is 9.97. The van der Waals surface area contributed by atoms with Gasteiger partial charge in [0, 0.05) is 11.3 Å². The Morgan fingerprint density at radius 3 is 2.45 bits per heavy atom. The number of nitrogens with zero attached hydrogens (tertiary/aromatic N) is 1. The SMILES string of the molecule is CCC(CO)(CO)NC(=O)c1cc(Cl)nc(C(C)C)c1. The monoisotopic (exact) mass is 300 g/mol. The van der Waals surface area contributed by atoms with E-state index in [9.17, 15) is 15.0 Å². The van der Waals surface area contributed by atoms with E-state index in [1.165, 1.54) is 6.07 Å². The number of amides is 1. The number of pyridine rings is 1. The van der Waals surface area contributed by atoms with E-state index in [1.54, 1.807) is 13.0 Å². The Morgan fingerprint density at radius 1 is 1.40 bits per heavy atom. The van der Waals surface area contributed by atoms with Gasteiger partial charge in [0.05, 0.1) is 18.8 Å². The summed E-state index contributed by atoms with van der Waals surface area (Å²) in [6.45, 7) is 5.03. The maximum atomic E-state index is 12.2. The smallest absolute Gasteiger partial charge is 0.252 e. The molecule has 1 aromatic heterocycles. The minimum absolute atomic E-state index is 0.145. The van der Waals surface area contributed by atoms with Crippen LogP contribution < -0.4 is 5.32 Å². The molecule has 0 aliphatic carbocycles. The third-order valence-corrected chi connectivity index (χ3v) is 3.52. The number of nitrogens with one attached hydrogen (secondary N) is 1. The number of hydrogen-bond donors (Lipinski definition) is 3. The van der Waals surface area contributed by atoms with E-state index in [1.807, 2.05) is 13.8 Å². The van der Waals surface area contributed by atoms with Crippen LogP contribution in [-0.2, 0) is 0 Å². The summed E-state index contributed by atoms with van der Waals surface area (Å²) in [4.78, 5) is 16.4.